The monoisotopic (exact) mass is 378 g/mol. The van der Waals surface area contributed by atoms with Crippen molar-refractivity contribution in [1.82, 2.24) is 40.0 Å². The Morgan fingerprint density at radius 1 is 1.04 bits per heavy atom. The molecule has 1 aromatic carbocycles. The summed E-state index contributed by atoms with van der Waals surface area (Å²) in [4.78, 5) is 5.47. The molecular formula is C18H15ClN8. The van der Waals surface area contributed by atoms with Crippen LogP contribution < -0.4 is 0 Å². The predicted molar refractivity (Wildman–Crippen MR) is 102 cm³/mol. The molecule has 0 bridgehead atoms. The van der Waals surface area contributed by atoms with E-state index in [-0.39, 0.29) is 0 Å². The molecule has 3 heterocycles. The number of halogens is 1. The molecule has 0 saturated carbocycles. The van der Waals surface area contributed by atoms with Crippen molar-refractivity contribution >= 4 is 23.8 Å². The smallest absolute Gasteiger partial charge is 0.198 e. The van der Waals surface area contributed by atoms with Gasteiger partial charge in [-0.3, -0.25) is 4.98 Å². The molecule has 0 aliphatic carbocycles. The van der Waals surface area contributed by atoms with Gasteiger partial charge in [-0.15, -0.1) is 25.2 Å². The minimum atomic E-state index is 0.464. The van der Waals surface area contributed by atoms with E-state index in [4.69, 9.17) is 11.6 Å². The SMILES string of the molecule is CCn1c(C=Cc2nnn(-c3cccc(Cl)c3)n2)nnc1-c1ccncc1. The third-order valence-corrected chi connectivity index (χ3v) is 4.12. The van der Waals surface area contributed by atoms with Gasteiger partial charge in [0.1, 0.15) is 0 Å². The second kappa shape index (κ2) is 7.46. The van der Waals surface area contributed by atoms with Gasteiger partial charge in [0.2, 0.25) is 0 Å². The fourth-order valence-corrected chi connectivity index (χ4v) is 2.80. The van der Waals surface area contributed by atoms with E-state index in [0.29, 0.717) is 16.7 Å². The fourth-order valence-electron chi connectivity index (χ4n) is 2.62. The standard InChI is InChI=1S/C18H15ClN8/c1-2-26-17(22-23-18(26)13-8-10-20-11-9-13)7-6-16-21-25-27(24-16)15-5-3-4-14(19)12-15/h3-12H,2H2,1H3. The van der Waals surface area contributed by atoms with Crippen LogP contribution in [0.4, 0.5) is 0 Å². The summed E-state index contributed by atoms with van der Waals surface area (Å²) in [5.74, 6) is 1.96. The Morgan fingerprint density at radius 2 is 1.89 bits per heavy atom. The molecule has 27 heavy (non-hydrogen) atoms. The molecule has 9 heteroatoms. The average Bonchev–Trinajstić information content (AvgIpc) is 3.34. The quantitative estimate of drug-likeness (QED) is 0.530. The van der Waals surface area contributed by atoms with Crippen molar-refractivity contribution in [3.05, 3.63) is 65.5 Å². The first-order valence-electron chi connectivity index (χ1n) is 8.32. The van der Waals surface area contributed by atoms with Gasteiger partial charge < -0.3 is 4.57 Å². The van der Waals surface area contributed by atoms with Crippen LogP contribution in [-0.2, 0) is 6.54 Å². The summed E-state index contributed by atoms with van der Waals surface area (Å²) in [6.07, 6.45) is 7.04. The maximum Gasteiger partial charge on any atom is 0.198 e. The van der Waals surface area contributed by atoms with E-state index >= 15 is 0 Å². The third kappa shape index (κ3) is 3.61. The van der Waals surface area contributed by atoms with Crippen LogP contribution in [-0.4, -0.2) is 40.0 Å². The molecule has 0 radical (unpaired) electrons. The molecule has 8 nitrogen and oxygen atoms in total. The van der Waals surface area contributed by atoms with Crippen molar-refractivity contribution in [2.75, 3.05) is 0 Å². The maximum atomic E-state index is 6.00. The molecule has 0 atom stereocenters. The van der Waals surface area contributed by atoms with Crippen LogP contribution in [0.25, 0.3) is 29.2 Å². The third-order valence-electron chi connectivity index (χ3n) is 3.88. The summed E-state index contributed by atoms with van der Waals surface area (Å²) >= 11 is 6.00. The zero-order chi connectivity index (χ0) is 18.6. The molecule has 4 aromatic rings. The van der Waals surface area contributed by atoms with Gasteiger partial charge in [-0.05, 0) is 54.6 Å². The van der Waals surface area contributed by atoms with E-state index in [2.05, 4.69) is 30.6 Å². The summed E-state index contributed by atoms with van der Waals surface area (Å²) in [6, 6.07) is 11.1. The lowest BCUT2D eigenvalue weighted by atomic mass is 10.2. The van der Waals surface area contributed by atoms with Gasteiger partial charge in [0, 0.05) is 29.5 Å². The van der Waals surface area contributed by atoms with Crippen LogP contribution in [0.15, 0.2) is 48.8 Å². The molecule has 0 spiro atoms. The van der Waals surface area contributed by atoms with E-state index in [1.807, 2.05) is 41.8 Å². The minimum Gasteiger partial charge on any atom is -0.308 e. The molecule has 0 fully saturated rings. The Morgan fingerprint density at radius 3 is 2.67 bits per heavy atom. The second-order valence-electron chi connectivity index (χ2n) is 5.61. The van der Waals surface area contributed by atoms with Crippen molar-refractivity contribution in [3.8, 4) is 17.1 Å². The van der Waals surface area contributed by atoms with Crippen molar-refractivity contribution in [3.63, 3.8) is 0 Å². The van der Waals surface area contributed by atoms with E-state index in [9.17, 15) is 0 Å². The molecule has 0 amide bonds. The van der Waals surface area contributed by atoms with Crippen molar-refractivity contribution in [1.29, 1.82) is 0 Å². The normalized spacial score (nSPS) is 11.3. The maximum absolute atomic E-state index is 6.00. The Hall–Kier alpha value is -3.39. The van der Waals surface area contributed by atoms with Crippen LogP contribution in [0.3, 0.4) is 0 Å². The highest BCUT2D eigenvalue weighted by Gasteiger charge is 2.11. The van der Waals surface area contributed by atoms with Gasteiger partial charge in [-0.2, -0.15) is 0 Å². The second-order valence-corrected chi connectivity index (χ2v) is 6.05. The molecule has 0 unspecified atom stereocenters. The van der Waals surface area contributed by atoms with E-state index in [1.54, 1.807) is 30.6 Å². The highest BCUT2D eigenvalue weighted by atomic mass is 35.5. The highest BCUT2D eigenvalue weighted by Crippen LogP contribution is 2.18. The Balaban J connectivity index is 1.60. The lowest BCUT2D eigenvalue weighted by Crippen LogP contribution is -2.00. The largest absolute Gasteiger partial charge is 0.308 e. The molecule has 0 saturated heterocycles. The van der Waals surface area contributed by atoms with Crippen molar-refractivity contribution in [2.45, 2.75) is 13.5 Å². The zero-order valence-electron chi connectivity index (χ0n) is 14.4. The number of aromatic nitrogens is 8. The number of rotatable bonds is 5. The molecule has 3 aromatic heterocycles. The summed E-state index contributed by atoms with van der Waals surface area (Å²) in [7, 11) is 0. The molecule has 0 N–H and O–H groups in total. The zero-order valence-corrected chi connectivity index (χ0v) is 15.2. The number of nitrogens with zero attached hydrogens (tertiary/aromatic N) is 8. The molecular weight excluding hydrogens is 364 g/mol. The summed E-state index contributed by atoms with van der Waals surface area (Å²) < 4.78 is 2.01. The van der Waals surface area contributed by atoms with E-state index < -0.39 is 0 Å². The Bertz CT molecular complexity index is 1080. The molecule has 4 rings (SSSR count). The Kier molecular flexibility index (Phi) is 4.71. The van der Waals surface area contributed by atoms with Crippen LogP contribution >= 0.6 is 11.6 Å². The number of pyridine rings is 1. The van der Waals surface area contributed by atoms with Gasteiger partial charge in [-0.25, -0.2) is 0 Å². The minimum absolute atomic E-state index is 0.464. The summed E-state index contributed by atoms with van der Waals surface area (Å²) in [5, 5.41) is 21.6. The Labute approximate surface area is 160 Å². The lowest BCUT2D eigenvalue weighted by Gasteiger charge is -2.04. The first kappa shape index (κ1) is 17.0. The molecule has 134 valence electrons. The van der Waals surface area contributed by atoms with Gasteiger partial charge >= 0.3 is 0 Å². The first-order valence-corrected chi connectivity index (χ1v) is 8.70. The topological polar surface area (TPSA) is 87.2 Å². The predicted octanol–water partition coefficient (Wildman–Crippen LogP) is 3.16. The summed E-state index contributed by atoms with van der Waals surface area (Å²) in [6.45, 7) is 2.77. The lowest BCUT2D eigenvalue weighted by molar-refractivity contribution is 0.719. The van der Waals surface area contributed by atoms with Crippen LogP contribution in [0.2, 0.25) is 5.02 Å². The van der Waals surface area contributed by atoms with Gasteiger partial charge in [0.05, 0.1) is 5.69 Å². The fraction of sp³-hybridized carbons (Fsp3) is 0.111. The van der Waals surface area contributed by atoms with Gasteiger partial charge in [0.25, 0.3) is 0 Å². The number of hydrogen-bond acceptors (Lipinski definition) is 6. The van der Waals surface area contributed by atoms with Crippen molar-refractivity contribution < 1.29 is 0 Å². The van der Waals surface area contributed by atoms with Gasteiger partial charge in [0.15, 0.2) is 17.5 Å². The number of tetrazole rings is 1. The number of hydrogen-bond donors (Lipinski definition) is 0. The van der Waals surface area contributed by atoms with Gasteiger partial charge in [-0.1, -0.05) is 17.7 Å². The average molecular weight is 379 g/mol. The van der Waals surface area contributed by atoms with Crippen molar-refractivity contribution in [2.24, 2.45) is 0 Å². The number of benzene rings is 1. The van der Waals surface area contributed by atoms with E-state index in [0.717, 1.165) is 23.6 Å². The first-order chi connectivity index (χ1) is 13.2. The van der Waals surface area contributed by atoms with Crippen LogP contribution in [0.5, 0.6) is 0 Å². The highest BCUT2D eigenvalue weighted by molar-refractivity contribution is 6.30. The molecule has 0 aliphatic heterocycles. The van der Waals surface area contributed by atoms with Crippen LogP contribution in [0, 0.1) is 0 Å². The summed E-state index contributed by atoms with van der Waals surface area (Å²) in [5.41, 5.74) is 1.70. The molecule has 0 aliphatic rings. The van der Waals surface area contributed by atoms with Crippen LogP contribution in [0.1, 0.15) is 18.6 Å². The van der Waals surface area contributed by atoms with E-state index in [1.165, 1.54) is 4.80 Å².